The van der Waals surface area contributed by atoms with Crippen LogP contribution in [0.2, 0.25) is 0 Å². The first kappa shape index (κ1) is 13.7. The first-order valence-corrected chi connectivity index (χ1v) is 9.68. The fourth-order valence-corrected chi connectivity index (χ4v) is 6.76. The second-order valence-electron chi connectivity index (χ2n) is 8.88. The average molecular weight is 319 g/mol. The molecule has 4 aliphatic carbocycles. The molecule has 1 heterocycles. The highest BCUT2D eigenvalue weighted by molar-refractivity contribution is 5.87. The van der Waals surface area contributed by atoms with Gasteiger partial charge in [0.25, 0.3) is 0 Å². The molecule has 0 atom stereocenters. The van der Waals surface area contributed by atoms with Crippen molar-refractivity contribution < 1.29 is 4.74 Å². The lowest BCUT2D eigenvalue weighted by atomic mass is 9.52. The van der Waals surface area contributed by atoms with Gasteiger partial charge >= 0.3 is 0 Å². The minimum absolute atomic E-state index is 0.434. The highest BCUT2D eigenvalue weighted by Gasteiger charge is 2.54. The lowest BCUT2D eigenvalue weighted by molar-refractivity contribution is -0.119. The van der Waals surface area contributed by atoms with Crippen LogP contribution in [0.3, 0.4) is 0 Å². The molecule has 4 fully saturated rings. The van der Waals surface area contributed by atoms with Gasteiger partial charge in [0.2, 0.25) is 0 Å². The van der Waals surface area contributed by atoms with Gasteiger partial charge in [-0.05, 0) is 73.1 Å². The second kappa shape index (κ2) is 4.76. The smallest absolute Gasteiger partial charge is 0.142 e. The molecule has 2 heteroatoms. The maximum absolute atomic E-state index is 6.26. The molecule has 1 aliphatic heterocycles. The van der Waals surface area contributed by atoms with Crippen LogP contribution in [0.15, 0.2) is 36.4 Å². The summed E-state index contributed by atoms with van der Waals surface area (Å²) in [5, 5.41) is 2.72. The average Bonchev–Trinajstić information content (AvgIpc) is 2.60. The molecule has 0 N–H and O–H groups in total. The van der Waals surface area contributed by atoms with Gasteiger partial charge in [0.15, 0.2) is 0 Å². The van der Waals surface area contributed by atoms with Gasteiger partial charge in [0, 0.05) is 17.6 Å². The van der Waals surface area contributed by atoms with Crippen molar-refractivity contribution in [2.45, 2.75) is 50.6 Å². The van der Waals surface area contributed by atoms with E-state index in [1.54, 1.807) is 0 Å². The third-order valence-electron chi connectivity index (χ3n) is 7.40. The number of ether oxygens (including phenoxy) is 1. The third kappa shape index (κ3) is 1.86. The Labute approximate surface area is 143 Å². The molecule has 124 valence electrons. The molecule has 4 bridgehead atoms. The Morgan fingerprint density at radius 2 is 1.58 bits per heavy atom. The SMILES string of the molecule is c1ccc2c3c(ccc2c1)OCN(C12CC4CC(CC(C4)C1)C2)C3. The van der Waals surface area contributed by atoms with E-state index in [9.17, 15) is 0 Å². The van der Waals surface area contributed by atoms with E-state index < -0.39 is 0 Å². The Morgan fingerprint density at radius 1 is 0.875 bits per heavy atom. The molecular weight excluding hydrogens is 294 g/mol. The molecule has 24 heavy (non-hydrogen) atoms. The minimum atomic E-state index is 0.434. The number of nitrogens with zero attached hydrogens (tertiary/aromatic N) is 1. The van der Waals surface area contributed by atoms with Crippen LogP contribution in [-0.4, -0.2) is 17.2 Å². The first-order valence-electron chi connectivity index (χ1n) is 9.68. The molecule has 0 spiro atoms. The van der Waals surface area contributed by atoms with E-state index in [0.717, 1.165) is 36.8 Å². The van der Waals surface area contributed by atoms with Crippen molar-refractivity contribution >= 4 is 10.8 Å². The normalized spacial score (nSPS) is 37.4. The van der Waals surface area contributed by atoms with Crippen LogP contribution in [0.1, 0.15) is 44.1 Å². The molecule has 5 aliphatic rings. The van der Waals surface area contributed by atoms with E-state index in [-0.39, 0.29) is 0 Å². The number of hydrogen-bond acceptors (Lipinski definition) is 2. The van der Waals surface area contributed by atoms with Crippen LogP contribution in [0.5, 0.6) is 5.75 Å². The summed E-state index contributed by atoms with van der Waals surface area (Å²) in [6.45, 7) is 1.86. The first-order chi connectivity index (χ1) is 11.8. The molecule has 0 amide bonds. The number of benzene rings is 2. The highest BCUT2D eigenvalue weighted by Crippen LogP contribution is 2.58. The monoisotopic (exact) mass is 319 g/mol. The van der Waals surface area contributed by atoms with Crippen molar-refractivity contribution in [2.75, 3.05) is 6.73 Å². The maximum Gasteiger partial charge on any atom is 0.142 e. The summed E-state index contributed by atoms with van der Waals surface area (Å²) in [4.78, 5) is 2.71. The van der Waals surface area contributed by atoms with Crippen molar-refractivity contribution in [2.24, 2.45) is 17.8 Å². The van der Waals surface area contributed by atoms with E-state index in [0.29, 0.717) is 5.54 Å². The van der Waals surface area contributed by atoms with Crippen molar-refractivity contribution in [1.29, 1.82) is 0 Å². The Kier molecular flexibility index (Phi) is 2.72. The summed E-state index contributed by atoms with van der Waals surface area (Å²) in [6, 6.07) is 13.2. The van der Waals surface area contributed by atoms with Crippen LogP contribution >= 0.6 is 0 Å². The number of rotatable bonds is 1. The van der Waals surface area contributed by atoms with Crippen molar-refractivity contribution in [3.8, 4) is 5.75 Å². The predicted molar refractivity (Wildman–Crippen MR) is 95.9 cm³/mol. The molecule has 2 aromatic rings. The van der Waals surface area contributed by atoms with Gasteiger partial charge in [-0.15, -0.1) is 0 Å². The van der Waals surface area contributed by atoms with E-state index in [4.69, 9.17) is 4.74 Å². The van der Waals surface area contributed by atoms with Gasteiger partial charge in [-0.1, -0.05) is 30.3 Å². The molecule has 0 aromatic heterocycles. The molecule has 2 nitrogen and oxygen atoms in total. The summed E-state index contributed by atoms with van der Waals surface area (Å²) >= 11 is 0. The molecule has 7 rings (SSSR count). The van der Waals surface area contributed by atoms with Gasteiger partial charge in [-0.3, -0.25) is 4.90 Å². The van der Waals surface area contributed by atoms with E-state index in [1.807, 2.05) is 0 Å². The van der Waals surface area contributed by atoms with Crippen molar-refractivity contribution in [1.82, 2.24) is 4.90 Å². The Hall–Kier alpha value is -1.54. The van der Waals surface area contributed by atoms with Crippen LogP contribution in [0, 0.1) is 17.8 Å². The fourth-order valence-electron chi connectivity index (χ4n) is 6.76. The van der Waals surface area contributed by atoms with E-state index in [2.05, 4.69) is 41.3 Å². The number of fused-ring (bicyclic) bond motifs is 3. The largest absolute Gasteiger partial charge is 0.478 e. The highest BCUT2D eigenvalue weighted by atomic mass is 16.5. The third-order valence-corrected chi connectivity index (χ3v) is 7.40. The van der Waals surface area contributed by atoms with Crippen LogP contribution in [0.25, 0.3) is 10.8 Å². The van der Waals surface area contributed by atoms with Crippen molar-refractivity contribution in [3.63, 3.8) is 0 Å². The van der Waals surface area contributed by atoms with Gasteiger partial charge in [-0.2, -0.15) is 0 Å². The predicted octanol–water partition coefficient (Wildman–Crippen LogP) is 4.96. The van der Waals surface area contributed by atoms with Gasteiger partial charge in [-0.25, -0.2) is 0 Å². The molecule has 0 radical (unpaired) electrons. The zero-order valence-electron chi connectivity index (χ0n) is 14.2. The van der Waals surface area contributed by atoms with Crippen molar-refractivity contribution in [3.05, 3.63) is 42.0 Å². The molecule has 0 unspecified atom stereocenters. The zero-order valence-corrected chi connectivity index (χ0v) is 14.2. The van der Waals surface area contributed by atoms with Gasteiger partial charge in [0.1, 0.15) is 12.5 Å². The molecule has 2 aromatic carbocycles. The Bertz CT molecular complexity index is 775. The van der Waals surface area contributed by atoms with E-state index >= 15 is 0 Å². The minimum Gasteiger partial charge on any atom is -0.478 e. The summed E-state index contributed by atoms with van der Waals surface area (Å²) in [6.07, 6.45) is 8.78. The topological polar surface area (TPSA) is 12.5 Å². The second-order valence-corrected chi connectivity index (χ2v) is 8.88. The summed E-state index contributed by atoms with van der Waals surface area (Å²) in [5.41, 5.74) is 1.85. The Balaban J connectivity index is 1.40. The molecule has 0 saturated heterocycles. The summed E-state index contributed by atoms with van der Waals surface area (Å²) in [7, 11) is 0. The van der Waals surface area contributed by atoms with Gasteiger partial charge < -0.3 is 4.74 Å². The summed E-state index contributed by atoms with van der Waals surface area (Å²) < 4.78 is 6.26. The fraction of sp³-hybridized carbons (Fsp3) is 0.545. The van der Waals surface area contributed by atoms with Crippen LogP contribution in [-0.2, 0) is 6.54 Å². The number of hydrogen-bond donors (Lipinski definition) is 0. The van der Waals surface area contributed by atoms with Crippen LogP contribution in [0.4, 0.5) is 0 Å². The quantitative estimate of drug-likeness (QED) is 0.736. The van der Waals surface area contributed by atoms with Crippen LogP contribution < -0.4 is 4.74 Å². The lowest BCUT2D eigenvalue weighted by Gasteiger charge is -2.61. The summed E-state index contributed by atoms with van der Waals surface area (Å²) in [5.74, 6) is 4.08. The van der Waals surface area contributed by atoms with Gasteiger partial charge in [0.05, 0.1) is 0 Å². The zero-order chi connectivity index (χ0) is 15.7. The molecule has 4 saturated carbocycles. The Morgan fingerprint density at radius 3 is 2.33 bits per heavy atom. The lowest BCUT2D eigenvalue weighted by Crippen LogP contribution is -2.61. The standard InChI is InChI=1S/C22H25NO/c1-2-4-19-18(3-1)5-6-21-20(19)13-23(14-24-21)22-10-15-7-16(11-22)9-17(8-15)12-22/h1-6,15-17H,7-14H2. The maximum atomic E-state index is 6.26. The van der Waals surface area contributed by atoms with E-state index in [1.165, 1.54) is 54.9 Å². The molecular formula is C22H25NO.